The maximum atomic E-state index is 12.4. The first kappa shape index (κ1) is 26.4. The summed E-state index contributed by atoms with van der Waals surface area (Å²) in [6.45, 7) is 4.75. The molecular weight excluding hydrogens is 478 g/mol. The Labute approximate surface area is 222 Å². The summed E-state index contributed by atoms with van der Waals surface area (Å²) in [5.41, 5.74) is 7.15. The molecule has 0 saturated heterocycles. The molecule has 9 heteroatoms. The third kappa shape index (κ3) is 6.95. The molecule has 1 amide bonds. The Bertz CT molecular complexity index is 1370. The van der Waals surface area contributed by atoms with Crippen molar-refractivity contribution in [1.29, 1.82) is 10.7 Å². The SMILES string of the molecule is CC(C)(CNC(=O)/C(C#N)=C/C1CC1)CNc1ncnc(N)c1C(=N)c1ccc(Oc2ccccc2)cc1. The topological polar surface area (TPSA) is 150 Å². The Morgan fingerprint density at radius 2 is 1.82 bits per heavy atom. The lowest BCUT2D eigenvalue weighted by Crippen LogP contribution is -2.38. The van der Waals surface area contributed by atoms with Gasteiger partial charge in [0.05, 0.1) is 11.3 Å². The number of nitrogens with two attached hydrogens (primary N) is 1. The largest absolute Gasteiger partial charge is 0.457 e. The molecule has 5 N–H and O–H groups in total. The lowest BCUT2D eigenvalue weighted by molar-refractivity contribution is -0.117. The first-order valence-corrected chi connectivity index (χ1v) is 12.4. The van der Waals surface area contributed by atoms with Crippen molar-refractivity contribution in [2.75, 3.05) is 24.1 Å². The van der Waals surface area contributed by atoms with Crippen molar-refractivity contribution in [2.24, 2.45) is 11.3 Å². The van der Waals surface area contributed by atoms with Gasteiger partial charge in [0.15, 0.2) is 0 Å². The minimum atomic E-state index is -0.384. The maximum Gasteiger partial charge on any atom is 0.261 e. The molecule has 1 saturated carbocycles. The second-order valence-electron chi connectivity index (χ2n) is 10.0. The Hall–Kier alpha value is -4.71. The van der Waals surface area contributed by atoms with Crippen LogP contribution < -0.4 is 21.1 Å². The number of aromatic nitrogens is 2. The van der Waals surface area contributed by atoms with Gasteiger partial charge in [0, 0.05) is 18.7 Å². The predicted octanol–water partition coefficient (Wildman–Crippen LogP) is 4.68. The van der Waals surface area contributed by atoms with E-state index >= 15 is 0 Å². The normalized spacial score (nSPS) is 13.3. The smallest absolute Gasteiger partial charge is 0.261 e. The van der Waals surface area contributed by atoms with Gasteiger partial charge in [-0.25, -0.2) is 9.97 Å². The van der Waals surface area contributed by atoms with Crippen LogP contribution in [0, 0.1) is 28.1 Å². The highest BCUT2D eigenvalue weighted by molar-refractivity contribution is 6.16. The molecule has 4 rings (SSSR count). The quantitative estimate of drug-likeness (QED) is 0.166. The number of hydrogen-bond donors (Lipinski definition) is 4. The van der Waals surface area contributed by atoms with E-state index < -0.39 is 0 Å². The van der Waals surface area contributed by atoms with Crippen LogP contribution in [0.5, 0.6) is 11.5 Å². The number of nitriles is 1. The predicted molar refractivity (Wildman–Crippen MR) is 147 cm³/mol. The van der Waals surface area contributed by atoms with E-state index in [0.29, 0.717) is 41.7 Å². The van der Waals surface area contributed by atoms with Crippen LogP contribution in [-0.2, 0) is 4.79 Å². The van der Waals surface area contributed by atoms with Crippen molar-refractivity contribution in [3.8, 4) is 17.6 Å². The highest BCUT2D eigenvalue weighted by Gasteiger charge is 2.25. The van der Waals surface area contributed by atoms with Gasteiger partial charge >= 0.3 is 0 Å². The fourth-order valence-corrected chi connectivity index (χ4v) is 3.70. The lowest BCUT2D eigenvalue weighted by atomic mass is 9.93. The average Bonchev–Trinajstić information content (AvgIpc) is 3.74. The van der Waals surface area contributed by atoms with Gasteiger partial charge in [0.1, 0.15) is 41.1 Å². The standard InChI is InChI=1S/C29H31N7O2/c1-29(2,17-34-28(37)21(15-30)14-19-8-9-19)16-33-27-24(26(32)35-18-36-27)25(31)20-10-12-23(13-11-20)38-22-6-4-3-5-7-22/h3-7,10-14,18-19,31H,8-9,16-17H2,1-2H3,(H,34,37)(H3,32,33,35,36)/b21-14+,31-25?. The molecule has 0 spiro atoms. The van der Waals surface area contributed by atoms with Crippen LogP contribution in [0.25, 0.3) is 0 Å². The van der Waals surface area contributed by atoms with E-state index in [-0.39, 0.29) is 28.4 Å². The molecule has 2 aromatic carbocycles. The number of ether oxygens (including phenoxy) is 1. The summed E-state index contributed by atoms with van der Waals surface area (Å²) in [4.78, 5) is 20.9. The molecule has 1 fully saturated rings. The summed E-state index contributed by atoms with van der Waals surface area (Å²) < 4.78 is 5.84. The molecule has 9 nitrogen and oxygen atoms in total. The van der Waals surface area contributed by atoms with Crippen LogP contribution in [0.15, 0.2) is 72.6 Å². The molecule has 0 aliphatic heterocycles. The second-order valence-corrected chi connectivity index (χ2v) is 10.0. The summed E-state index contributed by atoms with van der Waals surface area (Å²) in [6, 6.07) is 18.6. The number of para-hydroxylation sites is 1. The zero-order valence-corrected chi connectivity index (χ0v) is 21.5. The molecular formula is C29H31N7O2. The van der Waals surface area contributed by atoms with Crippen molar-refractivity contribution in [3.63, 3.8) is 0 Å². The molecule has 3 aromatic rings. The number of rotatable bonds is 11. The number of benzene rings is 2. The van der Waals surface area contributed by atoms with Crippen LogP contribution in [0.1, 0.15) is 37.8 Å². The van der Waals surface area contributed by atoms with Gasteiger partial charge in [-0.15, -0.1) is 0 Å². The van der Waals surface area contributed by atoms with Gasteiger partial charge in [-0.1, -0.05) is 38.1 Å². The lowest BCUT2D eigenvalue weighted by Gasteiger charge is -2.26. The van der Waals surface area contributed by atoms with Crippen molar-refractivity contribution in [2.45, 2.75) is 26.7 Å². The molecule has 38 heavy (non-hydrogen) atoms. The second kappa shape index (κ2) is 11.6. The van der Waals surface area contributed by atoms with Crippen molar-refractivity contribution >= 4 is 23.3 Å². The molecule has 0 atom stereocenters. The zero-order chi connectivity index (χ0) is 27.1. The fraction of sp³-hybridized carbons (Fsp3) is 0.276. The first-order valence-electron chi connectivity index (χ1n) is 12.4. The Morgan fingerprint density at radius 1 is 1.13 bits per heavy atom. The number of nitrogens with one attached hydrogen (secondary N) is 3. The van der Waals surface area contributed by atoms with E-state index in [1.165, 1.54) is 6.33 Å². The number of hydrogen-bond acceptors (Lipinski definition) is 8. The summed E-state index contributed by atoms with van der Waals surface area (Å²) in [5.74, 6) is 1.98. The minimum absolute atomic E-state index is 0.163. The number of carbonyl (C=O) groups is 1. The van der Waals surface area contributed by atoms with Crippen LogP contribution in [-0.4, -0.2) is 34.7 Å². The Balaban J connectivity index is 1.41. The Kier molecular flexibility index (Phi) is 8.02. The van der Waals surface area contributed by atoms with Crippen molar-refractivity contribution in [3.05, 3.63) is 83.7 Å². The first-order chi connectivity index (χ1) is 18.3. The molecule has 1 heterocycles. The van der Waals surface area contributed by atoms with Crippen LogP contribution >= 0.6 is 0 Å². The molecule has 0 bridgehead atoms. The van der Waals surface area contributed by atoms with Gasteiger partial charge in [-0.05, 0) is 60.6 Å². The highest BCUT2D eigenvalue weighted by Crippen LogP contribution is 2.31. The molecule has 0 unspecified atom stereocenters. The van der Waals surface area contributed by atoms with Crippen LogP contribution in [0.4, 0.5) is 11.6 Å². The van der Waals surface area contributed by atoms with Gasteiger partial charge in [-0.3, -0.25) is 10.2 Å². The van der Waals surface area contributed by atoms with Gasteiger partial charge in [-0.2, -0.15) is 5.26 Å². The number of allylic oxidation sites excluding steroid dienone is 1. The average molecular weight is 510 g/mol. The highest BCUT2D eigenvalue weighted by atomic mass is 16.5. The maximum absolute atomic E-state index is 12.4. The summed E-state index contributed by atoms with van der Waals surface area (Å²) >= 11 is 0. The van der Waals surface area contributed by atoms with E-state index in [1.807, 2.05) is 50.2 Å². The summed E-state index contributed by atoms with van der Waals surface area (Å²) in [5, 5.41) is 24.2. The van der Waals surface area contributed by atoms with Gasteiger partial charge in [0.2, 0.25) is 0 Å². The van der Waals surface area contributed by atoms with Crippen molar-refractivity contribution < 1.29 is 9.53 Å². The summed E-state index contributed by atoms with van der Waals surface area (Å²) in [6.07, 6.45) is 5.15. The summed E-state index contributed by atoms with van der Waals surface area (Å²) in [7, 11) is 0. The zero-order valence-electron chi connectivity index (χ0n) is 21.5. The molecule has 1 aliphatic rings. The fourth-order valence-electron chi connectivity index (χ4n) is 3.70. The van der Waals surface area contributed by atoms with E-state index in [1.54, 1.807) is 30.3 Å². The molecule has 1 aliphatic carbocycles. The number of carbonyl (C=O) groups excluding carboxylic acids is 1. The van der Waals surface area contributed by atoms with Gasteiger partial charge in [0.25, 0.3) is 5.91 Å². The number of amides is 1. The molecule has 0 radical (unpaired) electrons. The van der Waals surface area contributed by atoms with E-state index in [0.717, 1.165) is 18.6 Å². The molecule has 1 aromatic heterocycles. The minimum Gasteiger partial charge on any atom is -0.457 e. The van der Waals surface area contributed by atoms with Crippen molar-refractivity contribution in [1.82, 2.24) is 15.3 Å². The van der Waals surface area contributed by atoms with E-state index in [4.69, 9.17) is 15.9 Å². The van der Waals surface area contributed by atoms with E-state index in [2.05, 4.69) is 20.6 Å². The molecule has 194 valence electrons. The van der Waals surface area contributed by atoms with Gasteiger partial charge < -0.3 is 21.1 Å². The number of anilines is 2. The monoisotopic (exact) mass is 509 g/mol. The third-order valence-electron chi connectivity index (χ3n) is 6.10. The van der Waals surface area contributed by atoms with E-state index in [9.17, 15) is 10.1 Å². The number of nitrogen functional groups attached to an aromatic ring is 1. The number of nitrogens with zero attached hydrogens (tertiary/aromatic N) is 3. The van der Waals surface area contributed by atoms with Crippen LogP contribution in [0.3, 0.4) is 0 Å². The Morgan fingerprint density at radius 3 is 2.47 bits per heavy atom. The third-order valence-corrected chi connectivity index (χ3v) is 6.10. The van der Waals surface area contributed by atoms with Crippen LogP contribution in [0.2, 0.25) is 0 Å².